The molecule has 3 fully saturated rings. The number of rotatable bonds is 5. The lowest BCUT2D eigenvalue weighted by Gasteiger charge is -2.62. The van der Waals surface area contributed by atoms with E-state index in [2.05, 4.69) is 17.0 Å². The van der Waals surface area contributed by atoms with Gasteiger partial charge in [-0.25, -0.2) is 0 Å². The minimum absolute atomic E-state index is 0.00333. The number of benzene rings is 1. The summed E-state index contributed by atoms with van der Waals surface area (Å²) in [5.41, 5.74) is 1.40. The predicted octanol–water partition coefficient (Wildman–Crippen LogP) is 1.07. The molecule has 11 heteroatoms. The topological polar surface area (TPSA) is 134 Å². The standard InChI is InChI=1S/C28H33N3O8/c1-13-6-15-7-16-18(9-29)31-17(22(30(16)3)20(15)25(23(13)36-5)37-11-35-4)8-28(34)21(19(31)10-32)26-24(38-12-39-26)14(2)27(28)33/h6,16-19,22,32,34H,7-8,10-12H2,1-5H3/t16-,17?,18-,19-,22-,28+/m0/s1. The molecule has 5 aliphatic rings. The van der Waals surface area contributed by atoms with Crippen LogP contribution in [0.1, 0.15) is 36.1 Å². The number of likely N-dealkylation sites (N-methyl/N-ethyl adjacent to an activating group) is 1. The largest absolute Gasteiger partial charge is 0.493 e. The van der Waals surface area contributed by atoms with Gasteiger partial charge >= 0.3 is 0 Å². The molecule has 1 aromatic carbocycles. The molecule has 11 nitrogen and oxygen atoms in total. The molecule has 1 aromatic rings. The molecule has 208 valence electrons. The summed E-state index contributed by atoms with van der Waals surface area (Å²) in [7, 11) is 5.09. The average molecular weight is 540 g/mol. The third-order valence-corrected chi connectivity index (χ3v) is 9.05. The lowest BCUT2D eigenvalue weighted by Crippen LogP contribution is -2.74. The number of methoxy groups -OCH3 is 2. The minimum Gasteiger partial charge on any atom is -0.493 e. The predicted molar refractivity (Wildman–Crippen MR) is 135 cm³/mol. The average Bonchev–Trinajstić information content (AvgIpc) is 3.40. The highest BCUT2D eigenvalue weighted by atomic mass is 16.7. The van der Waals surface area contributed by atoms with Crippen LogP contribution in [0.5, 0.6) is 11.5 Å². The Kier molecular flexibility index (Phi) is 6.17. The molecule has 0 spiro atoms. The Bertz CT molecular complexity index is 1350. The number of nitrogens with zero attached hydrogens (tertiary/aromatic N) is 3. The Morgan fingerprint density at radius 2 is 1.95 bits per heavy atom. The van der Waals surface area contributed by atoms with Gasteiger partial charge in [0.15, 0.2) is 41.2 Å². The van der Waals surface area contributed by atoms with E-state index in [0.717, 1.165) is 16.7 Å². The number of aliphatic hydroxyl groups excluding tert-OH is 1. The Hall–Kier alpha value is -3.14. The summed E-state index contributed by atoms with van der Waals surface area (Å²) in [5, 5.41) is 33.5. The smallest absolute Gasteiger partial charge is 0.231 e. The molecule has 6 rings (SSSR count). The third kappa shape index (κ3) is 3.36. The summed E-state index contributed by atoms with van der Waals surface area (Å²) in [6.07, 6.45) is 0.559. The van der Waals surface area contributed by atoms with Crippen molar-refractivity contribution in [2.24, 2.45) is 0 Å². The van der Waals surface area contributed by atoms with Gasteiger partial charge in [0.05, 0.1) is 31.9 Å². The van der Waals surface area contributed by atoms with Crippen molar-refractivity contribution in [2.45, 2.75) is 62.5 Å². The summed E-state index contributed by atoms with van der Waals surface area (Å²) in [6, 6.07) is 1.96. The van der Waals surface area contributed by atoms with Crippen molar-refractivity contribution >= 4 is 5.78 Å². The van der Waals surface area contributed by atoms with E-state index < -0.39 is 36.1 Å². The third-order valence-electron chi connectivity index (χ3n) is 9.05. The summed E-state index contributed by atoms with van der Waals surface area (Å²) < 4.78 is 28.5. The number of Topliss-reactive ketones (excluding diaryl/α,β-unsaturated/α-hetero) is 1. The van der Waals surface area contributed by atoms with Crippen LogP contribution in [0.3, 0.4) is 0 Å². The number of ketones is 1. The van der Waals surface area contributed by atoms with Crippen molar-refractivity contribution in [1.29, 1.82) is 5.26 Å². The van der Waals surface area contributed by atoms with Crippen LogP contribution in [-0.4, -0.2) is 97.0 Å². The van der Waals surface area contributed by atoms with Crippen LogP contribution < -0.4 is 9.47 Å². The molecule has 1 unspecified atom stereocenters. The highest BCUT2D eigenvalue weighted by Crippen LogP contribution is 2.56. The molecular weight excluding hydrogens is 506 g/mol. The first-order valence-corrected chi connectivity index (χ1v) is 13.0. The molecule has 4 heterocycles. The number of carbonyl (C=O) groups is 1. The molecule has 0 aromatic heterocycles. The molecule has 1 aliphatic carbocycles. The van der Waals surface area contributed by atoms with Gasteiger partial charge in [0.2, 0.25) is 6.79 Å². The first kappa shape index (κ1) is 26.1. The fourth-order valence-electron chi connectivity index (χ4n) is 7.55. The SMILES string of the molecule is COCOc1c(OC)c(C)cc2c1[C@@H]1C3C[C@]4(O)C(=O)C(C)=C5OCOC5=C4[C@H](CO)N3[C@@H](C#N)[C@H](C2)N1C. The summed E-state index contributed by atoms with van der Waals surface area (Å²) in [5.74, 6) is 1.22. The molecule has 2 bridgehead atoms. The zero-order valence-corrected chi connectivity index (χ0v) is 22.7. The van der Waals surface area contributed by atoms with Crippen molar-refractivity contribution < 1.29 is 38.7 Å². The van der Waals surface area contributed by atoms with Crippen molar-refractivity contribution in [3.63, 3.8) is 0 Å². The van der Waals surface area contributed by atoms with E-state index in [0.29, 0.717) is 23.7 Å². The Morgan fingerprint density at radius 1 is 1.21 bits per heavy atom. The molecule has 39 heavy (non-hydrogen) atoms. The van der Waals surface area contributed by atoms with E-state index in [1.165, 1.54) is 0 Å². The zero-order valence-electron chi connectivity index (χ0n) is 22.7. The van der Waals surface area contributed by atoms with Crippen molar-refractivity contribution in [3.8, 4) is 17.6 Å². The van der Waals surface area contributed by atoms with Crippen LogP contribution in [0.2, 0.25) is 0 Å². The van der Waals surface area contributed by atoms with Gasteiger partial charge in [0, 0.05) is 42.3 Å². The van der Waals surface area contributed by atoms with Gasteiger partial charge in [-0.3, -0.25) is 14.6 Å². The van der Waals surface area contributed by atoms with Gasteiger partial charge in [-0.15, -0.1) is 0 Å². The van der Waals surface area contributed by atoms with E-state index in [4.69, 9.17) is 23.7 Å². The second-order valence-electron chi connectivity index (χ2n) is 10.8. The second kappa shape index (κ2) is 9.21. The number of nitriles is 1. The molecule has 2 N–H and O–H groups in total. The quantitative estimate of drug-likeness (QED) is 0.521. The molecule has 0 saturated carbocycles. The lowest BCUT2D eigenvalue weighted by molar-refractivity contribution is -0.150. The number of aryl methyl sites for hydroxylation is 1. The number of carbonyl (C=O) groups excluding carboxylic acids is 1. The van der Waals surface area contributed by atoms with Crippen LogP contribution in [0.4, 0.5) is 0 Å². The maximum atomic E-state index is 13.7. The normalized spacial score (nSPS) is 33.4. The Morgan fingerprint density at radius 3 is 2.62 bits per heavy atom. The number of ether oxygens (including phenoxy) is 5. The van der Waals surface area contributed by atoms with E-state index in [1.54, 1.807) is 21.1 Å². The number of hydrogen-bond acceptors (Lipinski definition) is 11. The molecule has 0 radical (unpaired) electrons. The van der Waals surface area contributed by atoms with Gasteiger partial charge in [-0.1, -0.05) is 6.07 Å². The molecule has 0 amide bonds. The van der Waals surface area contributed by atoms with Crippen molar-refractivity contribution in [2.75, 3.05) is 41.5 Å². The van der Waals surface area contributed by atoms with E-state index in [9.17, 15) is 20.3 Å². The Balaban J connectivity index is 1.59. The fourth-order valence-corrected chi connectivity index (χ4v) is 7.55. The summed E-state index contributed by atoms with van der Waals surface area (Å²) in [4.78, 5) is 17.9. The van der Waals surface area contributed by atoms with E-state index >= 15 is 0 Å². The minimum atomic E-state index is -1.93. The number of fused-ring (bicyclic) bond motifs is 8. The van der Waals surface area contributed by atoms with Gasteiger partial charge < -0.3 is 33.9 Å². The van der Waals surface area contributed by atoms with Crippen molar-refractivity contribution in [3.05, 3.63) is 45.4 Å². The number of aliphatic hydroxyl groups is 2. The molecule has 4 aliphatic heterocycles. The van der Waals surface area contributed by atoms with Crippen LogP contribution in [0, 0.1) is 18.3 Å². The van der Waals surface area contributed by atoms with Gasteiger partial charge in [-0.2, -0.15) is 5.26 Å². The van der Waals surface area contributed by atoms with Crippen molar-refractivity contribution in [1.82, 2.24) is 9.80 Å². The van der Waals surface area contributed by atoms with Crippen LogP contribution in [0.15, 0.2) is 28.7 Å². The number of piperidine rings is 1. The molecule has 3 saturated heterocycles. The highest BCUT2D eigenvalue weighted by Gasteiger charge is 2.64. The molecular formula is C28H33N3O8. The Labute approximate surface area is 226 Å². The van der Waals surface area contributed by atoms with Gasteiger partial charge in [0.25, 0.3) is 0 Å². The monoisotopic (exact) mass is 539 g/mol. The van der Waals surface area contributed by atoms with E-state index in [-0.39, 0.29) is 49.0 Å². The fraction of sp³-hybridized carbons (Fsp3) is 0.571. The number of piperazine rings is 1. The summed E-state index contributed by atoms with van der Waals surface area (Å²) in [6.45, 7) is 3.06. The molecule has 6 atom stereocenters. The van der Waals surface area contributed by atoms with Gasteiger partial charge in [-0.05, 0) is 38.4 Å². The maximum Gasteiger partial charge on any atom is 0.231 e. The van der Waals surface area contributed by atoms with Crippen LogP contribution >= 0.6 is 0 Å². The van der Waals surface area contributed by atoms with E-state index in [1.807, 2.05) is 18.9 Å². The number of hydrogen-bond donors (Lipinski definition) is 2. The summed E-state index contributed by atoms with van der Waals surface area (Å²) >= 11 is 0. The first-order chi connectivity index (χ1) is 18.7. The van der Waals surface area contributed by atoms with Crippen LogP contribution in [0.25, 0.3) is 0 Å². The maximum absolute atomic E-state index is 13.7. The zero-order chi connectivity index (χ0) is 27.8. The second-order valence-corrected chi connectivity index (χ2v) is 10.8. The first-order valence-electron chi connectivity index (χ1n) is 13.0. The highest BCUT2D eigenvalue weighted by molar-refractivity contribution is 6.06. The van der Waals surface area contributed by atoms with Gasteiger partial charge in [0.1, 0.15) is 6.04 Å². The lowest BCUT2D eigenvalue weighted by atomic mass is 9.65. The van der Waals surface area contributed by atoms with Crippen LogP contribution in [-0.2, 0) is 25.4 Å².